The predicted molar refractivity (Wildman–Crippen MR) is 77.5 cm³/mol. The van der Waals surface area contributed by atoms with E-state index in [2.05, 4.69) is 0 Å². The topological polar surface area (TPSA) is 31.0 Å². The number of hydrogen-bond acceptors (Lipinski definition) is 3. The predicted octanol–water partition coefficient (Wildman–Crippen LogP) is 3.70. The first-order chi connectivity index (χ1) is 9.79. The molecular formula is C16H15ClO3. The van der Waals surface area contributed by atoms with Crippen molar-refractivity contribution in [3.8, 4) is 11.5 Å². The molecule has 3 nitrogen and oxygen atoms in total. The minimum Gasteiger partial charge on any atom is -0.491 e. The molecule has 1 aliphatic rings. The van der Waals surface area contributed by atoms with E-state index in [0.29, 0.717) is 13.2 Å². The average molecular weight is 291 g/mol. The van der Waals surface area contributed by atoms with Gasteiger partial charge in [0.25, 0.3) is 0 Å². The van der Waals surface area contributed by atoms with Crippen LogP contribution in [0.25, 0.3) is 0 Å². The Morgan fingerprint density at radius 3 is 2.45 bits per heavy atom. The van der Waals surface area contributed by atoms with Gasteiger partial charge in [0.15, 0.2) is 0 Å². The van der Waals surface area contributed by atoms with E-state index in [1.165, 1.54) is 0 Å². The van der Waals surface area contributed by atoms with E-state index in [1.807, 2.05) is 48.5 Å². The molecule has 0 spiro atoms. The summed E-state index contributed by atoms with van der Waals surface area (Å²) in [5.74, 6) is 1.59. The minimum absolute atomic E-state index is 0.258. The molecule has 1 fully saturated rings. The summed E-state index contributed by atoms with van der Waals surface area (Å²) in [6.45, 7) is 1.90. The van der Waals surface area contributed by atoms with Crippen molar-refractivity contribution in [1.82, 2.24) is 0 Å². The highest BCUT2D eigenvalue weighted by molar-refractivity contribution is 6.30. The number of epoxide rings is 1. The smallest absolute Gasteiger partial charge is 0.123 e. The van der Waals surface area contributed by atoms with Crippen LogP contribution in [0.5, 0.6) is 11.5 Å². The molecule has 1 atom stereocenters. The monoisotopic (exact) mass is 290 g/mol. The van der Waals surface area contributed by atoms with Crippen molar-refractivity contribution in [3.05, 3.63) is 59.1 Å². The van der Waals surface area contributed by atoms with Gasteiger partial charge in [-0.2, -0.15) is 0 Å². The van der Waals surface area contributed by atoms with Crippen molar-refractivity contribution in [3.63, 3.8) is 0 Å². The van der Waals surface area contributed by atoms with Crippen molar-refractivity contribution in [1.29, 1.82) is 0 Å². The minimum atomic E-state index is 0.258. The molecule has 0 amide bonds. The van der Waals surface area contributed by atoms with Crippen LogP contribution < -0.4 is 9.47 Å². The van der Waals surface area contributed by atoms with E-state index in [9.17, 15) is 0 Å². The SMILES string of the molecule is Clc1ccc(COc2cccc(OC[C@H]3CO3)c2)cc1. The lowest BCUT2D eigenvalue weighted by atomic mass is 10.2. The molecule has 0 saturated carbocycles. The molecule has 1 saturated heterocycles. The maximum atomic E-state index is 5.85. The number of halogens is 1. The first-order valence-corrected chi connectivity index (χ1v) is 6.89. The van der Waals surface area contributed by atoms with Gasteiger partial charge in [-0.1, -0.05) is 29.8 Å². The van der Waals surface area contributed by atoms with E-state index >= 15 is 0 Å². The van der Waals surface area contributed by atoms with Crippen molar-refractivity contribution in [2.75, 3.05) is 13.2 Å². The summed E-state index contributed by atoms with van der Waals surface area (Å²) in [5.41, 5.74) is 1.08. The van der Waals surface area contributed by atoms with Gasteiger partial charge in [-0.25, -0.2) is 0 Å². The first kappa shape index (κ1) is 13.3. The van der Waals surface area contributed by atoms with Gasteiger partial charge in [0.1, 0.15) is 30.8 Å². The van der Waals surface area contributed by atoms with E-state index in [1.54, 1.807) is 0 Å². The van der Waals surface area contributed by atoms with Gasteiger partial charge in [-0.3, -0.25) is 0 Å². The largest absolute Gasteiger partial charge is 0.491 e. The molecule has 0 aliphatic carbocycles. The summed E-state index contributed by atoms with van der Waals surface area (Å²) in [6.07, 6.45) is 0.258. The van der Waals surface area contributed by atoms with Crippen LogP contribution >= 0.6 is 11.6 Å². The second kappa shape index (κ2) is 6.16. The highest BCUT2D eigenvalue weighted by Crippen LogP contribution is 2.22. The van der Waals surface area contributed by atoms with Crippen LogP contribution in [0.1, 0.15) is 5.56 Å². The quantitative estimate of drug-likeness (QED) is 0.760. The number of benzene rings is 2. The Hall–Kier alpha value is -1.71. The Morgan fingerprint density at radius 2 is 1.75 bits per heavy atom. The molecule has 20 heavy (non-hydrogen) atoms. The maximum absolute atomic E-state index is 5.85. The molecular weight excluding hydrogens is 276 g/mol. The van der Waals surface area contributed by atoms with Crippen molar-refractivity contribution in [2.45, 2.75) is 12.7 Å². The van der Waals surface area contributed by atoms with Gasteiger partial charge in [0.2, 0.25) is 0 Å². The zero-order valence-corrected chi connectivity index (χ0v) is 11.7. The Balaban J connectivity index is 1.56. The van der Waals surface area contributed by atoms with Crippen molar-refractivity contribution >= 4 is 11.6 Å². The van der Waals surface area contributed by atoms with Crippen LogP contribution in [0.4, 0.5) is 0 Å². The van der Waals surface area contributed by atoms with Crippen molar-refractivity contribution in [2.24, 2.45) is 0 Å². The third kappa shape index (κ3) is 3.89. The molecule has 0 unspecified atom stereocenters. The van der Waals surface area contributed by atoms with Gasteiger partial charge in [0.05, 0.1) is 6.61 Å². The molecule has 4 heteroatoms. The van der Waals surface area contributed by atoms with Gasteiger partial charge >= 0.3 is 0 Å². The van der Waals surface area contributed by atoms with Crippen LogP contribution in [0.2, 0.25) is 5.02 Å². The van der Waals surface area contributed by atoms with Crippen LogP contribution in [-0.4, -0.2) is 19.3 Å². The van der Waals surface area contributed by atoms with Crippen LogP contribution in [0.3, 0.4) is 0 Å². The fourth-order valence-electron chi connectivity index (χ4n) is 1.75. The highest BCUT2D eigenvalue weighted by Gasteiger charge is 2.23. The lowest BCUT2D eigenvalue weighted by Crippen LogP contribution is -2.04. The average Bonchev–Trinajstić information content (AvgIpc) is 3.29. The molecule has 0 aromatic heterocycles. The number of ether oxygens (including phenoxy) is 3. The maximum Gasteiger partial charge on any atom is 0.123 e. The third-order valence-corrected chi connectivity index (χ3v) is 3.21. The van der Waals surface area contributed by atoms with E-state index < -0.39 is 0 Å². The lowest BCUT2D eigenvalue weighted by Gasteiger charge is -2.09. The molecule has 0 N–H and O–H groups in total. The molecule has 0 radical (unpaired) electrons. The van der Waals surface area contributed by atoms with Gasteiger partial charge in [0, 0.05) is 11.1 Å². The third-order valence-electron chi connectivity index (χ3n) is 2.96. The van der Waals surface area contributed by atoms with Crippen LogP contribution in [0, 0.1) is 0 Å². The molecule has 3 rings (SSSR count). The van der Waals surface area contributed by atoms with Crippen LogP contribution in [-0.2, 0) is 11.3 Å². The fraction of sp³-hybridized carbons (Fsp3) is 0.250. The first-order valence-electron chi connectivity index (χ1n) is 6.51. The Bertz CT molecular complexity index is 564. The zero-order chi connectivity index (χ0) is 13.8. The summed E-state index contributed by atoms with van der Waals surface area (Å²) >= 11 is 5.85. The fourth-order valence-corrected chi connectivity index (χ4v) is 1.88. The van der Waals surface area contributed by atoms with Gasteiger partial charge < -0.3 is 14.2 Å². The standard InChI is InChI=1S/C16H15ClO3/c17-13-6-4-12(5-7-13)9-18-14-2-1-3-15(8-14)19-10-16-11-20-16/h1-8,16H,9-11H2/t16-/m0/s1. The highest BCUT2D eigenvalue weighted by atomic mass is 35.5. The number of hydrogen-bond donors (Lipinski definition) is 0. The summed E-state index contributed by atoms with van der Waals surface area (Å²) in [7, 11) is 0. The Labute approximate surface area is 123 Å². The summed E-state index contributed by atoms with van der Waals surface area (Å²) < 4.78 is 16.5. The lowest BCUT2D eigenvalue weighted by molar-refractivity contribution is 0.259. The molecule has 2 aromatic carbocycles. The van der Waals surface area contributed by atoms with E-state index in [0.717, 1.165) is 28.7 Å². The zero-order valence-electron chi connectivity index (χ0n) is 10.9. The van der Waals surface area contributed by atoms with Crippen LogP contribution in [0.15, 0.2) is 48.5 Å². The number of rotatable bonds is 6. The van der Waals surface area contributed by atoms with E-state index in [-0.39, 0.29) is 6.10 Å². The normalized spacial score (nSPS) is 16.8. The molecule has 0 bridgehead atoms. The molecule has 2 aromatic rings. The summed E-state index contributed by atoms with van der Waals surface area (Å²) in [5, 5.41) is 0.728. The molecule has 104 valence electrons. The van der Waals surface area contributed by atoms with E-state index in [4.69, 9.17) is 25.8 Å². The second-order valence-electron chi connectivity index (χ2n) is 4.66. The second-order valence-corrected chi connectivity index (χ2v) is 5.09. The molecule has 1 heterocycles. The Morgan fingerprint density at radius 1 is 1.05 bits per heavy atom. The van der Waals surface area contributed by atoms with Gasteiger partial charge in [-0.05, 0) is 29.8 Å². The molecule has 1 aliphatic heterocycles. The summed E-state index contributed by atoms with van der Waals surface area (Å²) in [6, 6.07) is 15.2. The summed E-state index contributed by atoms with van der Waals surface area (Å²) in [4.78, 5) is 0. The Kier molecular flexibility index (Phi) is 4.09. The van der Waals surface area contributed by atoms with Gasteiger partial charge in [-0.15, -0.1) is 0 Å². The van der Waals surface area contributed by atoms with Crippen molar-refractivity contribution < 1.29 is 14.2 Å².